The van der Waals surface area contributed by atoms with Gasteiger partial charge in [-0.2, -0.15) is 0 Å². The third kappa shape index (κ3) is 13.1. The van der Waals surface area contributed by atoms with Gasteiger partial charge in [-0.1, -0.05) is 78.1 Å². The summed E-state index contributed by atoms with van der Waals surface area (Å²) < 4.78 is 21.8. The lowest BCUT2D eigenvalue weighted by Gasteiger charge is -2.17. The van der Waals surface area contributed by atoms with Crippen molar-refractivity contribution in [2.45, 2.75) is 97.0 Å². The second-order valence-electron chi connectivity index (χ2n) is 5.60. The van der Waals surface area contributed by atoms with Crippen LogP contribution in [-0.4, -0.2) is 13.2 Å². The van der Waals surface area contributed by atoms with Crippen molar-refractivity contribution in [3.63, 3.8) is 0 Å². The molecule has 0 aromatic carbocycles. The van der Waals surface area contributed by atoms with Crippen LogP contribution in [0.3, 0.4) is 0 Å². The molecule has 1 atom stereocenters. The van der Waals surface area contributed by atoms with Crippen molar-refractivity contribution in [1.29, 1.82) is 0 Å². The van der Waals surface area contributed by atoms with Crippen LogP contribution in [0.1, 0.15) is 90.9 Å². The highest BCUT2D eigenvalue weighted by molar-refractivity contribution is 7.33. The van der Waals surface area contributed by atoms with E-state index in [4.69, 9.17) is 9.05 Å². The Bertz CT molecular complexity index is 208. The predicted molar refractivity (Wildman–Crippen MR) is 87.6 cm³/mol. The molecule has 0 heterocycles. The lowest BCUT2D eigenvalue weighted by molar-refractivity contribution is 0.154. The second kappa shape index (κ2) is 15.5. The SMILES string of the molecule is CCCCCCCC(CCCCCCC)O[PH](=O)OC. The molecule has 0 saturated heterocycles. The summed E-state index contributed by atoms with van der Waals surface area (Å²) in [4.78, 5) is 0. The number of hydrogen-bond donors (Lipinski definition) is 0. The summed E-state index contributed by atoms with van der Waals surface area (Å²) in [5.74, 6) is 0. The Morgan fingerprint density at radius 3 is 1.65 bits per heavy atom. The molecule has 20 heavy (non-hydrogen) atoms. The standard InChI is InChI=1S/C16H35O3P/c1-4-6-8-10-12-14-16(19-20(17)18-3)15-13-11-9-7-5-2/h16,20H,4-15H2,1-3H3. The Kier molecular flexibility index (Phi) is 15.7. The molecule has 1 unspecified atom stereocenters. The molecule has 3 nitrogen and oxygen atoms in total. The monoisotopic (exact) mass is 306 g/mol. The molecule has 0 rings (SSSR count). The van der Waals surface area contributed by atoms with Gasteiger partial charge in [0.15, 0.2) is 0 Å². The molecule has 0 aromatic heterocycles. The van der Waals surface area contributed by atoms with Gasteiger partial charge in [-0.3, -0.25) is 4.57 Å². The van der Waals surface area contributed by atoms with Crippen molar-refractivity contribution in [1.82, 2.24) is 0 Å². The molecule has 0 fully saturated rings. The Hall–Kier alpha value is 0.150. The first kappa shape index (κ1) is 20.1. The summed E-state index contributed by atoms with van der Waals surface area (Å²) in [5, 5.41) is 0. The van der Waals surface area contributed by atoms with Gasteiger partial charge < -0.3 is 9.05 Å². The molecule has 0 aliphatic rings. The maximum atomic E-state index is 11.4. The van der Waals surface area contributed by atoms with E-state index in [1.165, 1.54) is 71.3 Å². The maximum absolute atomic E-state index is 11.4. The molecule has 0 aliphatic carbocycles. The highest BCUT2D eigenvalue weighted by atomic mass is 31.1. The van der Waals surface area contributed by atoms with Gasteiger partial charge in [-0.25, -0.2) is 0 Å². The highest BCUT2D eigenvalue weighted by Gasteiger charge is 2.12. The van der Waals surface area contributed by atoms with Crippen molar-refractivity contribution >= 4 is 8.25 Å². The van der Waals surface area contributed by atoms with Crippen molar-refractivity contribution < 1.29 is 13.6 Å². The topological polar surface area (TPSA) is 35.5 Å². The Balaban J connectivity index is 3.79. The van der Waals surface area contributed by atoms with Crippen LogP contribution < -0.4 is 0 Å². The molecule has 0 aromatic rings. The zero-order valence-electron chi connectivity index (χ0n) is 13.8. The van der Waals surface area contributed by atoms with E-state index in [0.717, 1.165) is 12.8 Å². The Morgan fingerprint density at radius 2 is 1.25 bits per heavy atom. The van der Waals surface area contributed by atoms with Crippen LogP contribution in [0.25, 0.3) is 0 Å². The maximum Gasteiger partial charge on any atom is 0.319 e. The second-order valence-corrected chi connectivity index (χ2v) is 6.74. The average molecular weight is 306 g/mol. The molecule has 4 heteroatoms. The highest BCUT2D eigenvalue weighted by Crippen LogP contribution is 2.29. The number of unbranched alkanes of at least 4 members (excludes halogenated alkanes) is 8. The van der Waals surface area contributed by atoms with Crippen LogP contribution in [0.5, 0.6) is 0 Å². The minimum Gasteiger partial charge on any atom is -0.314 e. The molecule has 0 amide bonds. The zero-order valence-corrected chi connectivity index (χ0v) is 14.8. The van der Waals surface area contributed by atoms with E-state index in [2.05, 4.69) is 13.8 Å². The third-order valence-electron chi connectivity index (χ3n) is 3.69. The van der Waals surface area contributed by atoms with Crippen LogP contribution in [0.2, 0.25) is 0 Å². The summed E-state index contributed by atoms with van der Waals surface area (Å²) in [5.41, 5.74) is 0. The van der Waals surface area contributed by atoms with Crippen LogP contribution in [0.4, 0.5) is 0 Å². The summed E-state index contributed by atoms with van der Waals surface area (Å²) in [6.07, 6.45) is 14.8. The van der Waals surface area contributed by atoms with E-state index < -0.39 is 8.25 Å². The van der Waals surface area contributed by atoms with Crippen molar-refractivity contribution in [3.8, 4) is 0 Å². The third-order valence-corrected chi connectivity index (χ3v) is 4.55. The fourth-order valence-corrected chi connectivity index (χ4v) is 3.00. The molecule has 0 saturated carbocycles. The number of rotatable bonds is 15. The zero-order chi connectivity index (χ0) is 15.1. The molecule has 0 aliphatic heterocycles. The molecule has 0 bridgehead atoms. The summed E-state index contributed by atoms with van der Waals surface area (Å²) in [7, 11) is -0.812. The van der Waals surface area contributed by atoms with E-state index in [-0.39, 0.29) is 6.10 Å². The molecule has 122 valence electrons. The predicted octanol–water partition coefficient (Wildman–Crippen LogP) is 6.13. The minimum absolute atomic E-state index is 0.129. The van der Waals surface area contributed by atoms with E-state index in [1.54, 1.807) is 0 Å². The van der Waals surface area contributed by atoms with Gasteiger partial charge in [0, 0.05) is 7.11 Å². The van der Waals surface area contributed by atoms with Gasteiger partial charge >= 0.3 is 8.25 Å². The molecular weight excluding hydrogens is 271 g/mol. The Morgan fingerprint density at radius 1 is 0.800 bits per heavy atom. The van der Waals surface area contributed by atoms with Gasteiger partial charge in [0.05, 0.1) is 6.10 Å². The van der Waals surface area contributed by atoms with Gasteiger partial charge in [0.2, 0.25) is 0 Å². The van der Waals surface area contributed by atoms with E-state index in [9.17, 15) is 4.57 Å². The first-order valence-corrected chi connectivity index (χ1v) is 9.71. The molecular formula is C16H35O3P. The average Bonchev–Trinajstić information content (AvgIpc) is 2.46. The molecule has 0 radical (unpaired) electrons. The van der Waals surface area contributed by atoms with Crippen molar-refractivity contribution in [3.05, 3.63) is 0 Å². The first-order valence-electron chi connectivity index (χ1n) is 8.49. The van der Waals surface area contributed by atoms with E-state index >= 15 is 0 Å². The molecule has 0 N–H and O–H groups in total. The summed E-state index contributed by atoms with van der Waals surface area (Å²) >= 11 is 0. The van der Waals surface area contributed by atoms with Gasteiger partial charge in [0.25, 0.3) is 0 Å². The molecule has 0 spiro atoms. The largest absolute Gasteiger partial charge is 0.319 e. The normalized spacial score (nSPS) is 13.0. The van der Waals surface area contributed by atoms with Crippen LogP contribution in [0, 0.1) is 0 Å². The van der Waals surface area contributed by atoms with Crippen LogP contribution in [0.15, 0.2) is 0 Å². The minimum atomic E-state index is -2.27. The summed E-state index contributed by atoms with van der Waals surface area (Å²) in [6, 6.07) is 0. The lowest BCUT2D eigenvalue weighted by atomic mass is 10.0. The Labute approximate surface area is 126 Å². The first-order chi connectivity index (χ1) is 9.74. The summed E-state index contributed by atoms with van der Waals surface area (Å²) in [6.45, 7) is 4.46. The van der Waals surface area contributed by atoms with E-state index in [0.29, 0.717) is 0 Å². The fraction of sp³-hybridized carbons (Fsp3) is 1.00. The fourth-order valence-electron chi connectivity index (χ4n) is 2.40. The quantitative estimate of drug-likeness (QED) is 0.270. The van der Waals surface area contributed by atoms with Gasteiger partial charge in [-0.05, 0) is 12.8 Å². The van der Waals surface area contributed by atoms with Gasteiger partial charge in [-0.15, -0.1) is 0 Å². The lowest BCUT2D eigenvalue weighted by Crippen LogP contribution is -2.09. The van der Waals surface area contributed by atoms with Crippen LogP contribution in [-0.2, 0) is 13.6 Å². The number of hydrogen-bond acceptors (Lipinski definition) is 3. The van der Waals surface area contributed by atoms with E-state index in [1.807, 2.05) is 0 Å². The smallest absolute Gasteiger partial charge is 0.314 e. The van der Waals surface area contributed by atoms with Crippen molar-refractivity contribution in [2.24, 2.45) is 0 Å². The van der Waals surface area contributed by atoms with Crippen LogP contribution >= 0.6 is 8.25 Å². The van der Waals surface area contributed by atoms with Crippen molar-refractivity contribution in [2.75, 3.05) is 7.11 Å². The van der Waals surface area contributed by atoms with Gasteiger partial charge in [0.1, 0.15) is 0 Å².